The molecular weight excluding hydrogens is 194 g/mol. The molecule has 0 rings (SSSR count). The first-order valence-corrected chi connectivity index (χ1v) is 5.81. The van der Waals surface area contributed by atoms with Crippen LogP contribution >= 0.6 is 0 Å². The molecule has 6 heteroatoms. The van der Waals surface area contributed by atoms with Crippen molar-refractivity contribution in [3.8, 4) is 0 Å². The average Bonchev–Trinajstić information content (AvgIpc) is 1.98. The van der Waals surface area contributed by atoms with Gasteiger partial charge in [-0.2, -0.15) is 8.42 Å². The molecule has 0 radical (unpaired) electrons. The Bertz CT molecular complexity index is 215. The minimum atomic E-state index is -3.82. The maximum atomic E-state index is 10.3. The van der Waals surface area contributed by atoms with Gasteiger partial charge in [0, 0.05) is 13.2 Å². The summed E-state index contributed by atoms with van der Waals surface area (Å²) in [6.45, 7) is 1.49. The zero-order valence-electron chi connectivity index (χ0n) is 7.81. The van der Waals surface area contributed by atoms with Crippen molar-refractivity contribution in [2.24, 2.45) is 0 Å². The van der Waals surface area contributed by atoms with Crippen molar-refractivity contribution in [2.75, 3.05) is 32.5 Å². The Hall–Kier alpha value is -0.170. The third kappa shape index (κ3) is 9.75. The Morgan fingerprint density at radius 1 is 1.23 bits per heavy atom. The lowest BCUT2D eigenvalue weighted by Gasteiger charge is -2.14. The van der Waals surface area contributed by atoms with Gasteiger partial charge in [0.15, 0.2) is 0 Å². The minimum absolute atomic E-state index is 0.142. The number of hydrogen-bond donors (Lipinski definition) is 2. The number of aliphatic hydroxyl groups excluding tert-OH is 1. The number of rotatable bonds is 7. The SMILES string of the molecule is CN(CCCO)CCCS(=O)(=O)O. The molecule has 0 heterocycles. The van der Waals surface area contributed by atoms with Crippen LogP contribution < -0.4 is 0 Å². The molecule has 80 valence electrons. The Balaban J connectivity index is 3.42. The molecule has 13 heavy (non-hydrogen) atoms. The van der Waals surface area contributed by atoms with Crippen molar-refractivity contribution in [3.63, 3.8) is 0 Å². The van der Waals surface area contributed by atoms with E-state index in [0.29, 0.717) is 19.4 Å². The number of hydrogen-bond acceptors (Lipinski definition) is 4. The summed E-state index contributed by atoms with van der Waals surface area (Å²) in [5.74, 6) is -0.198. The third-order valence-corrected chi connectivity index (χ3v) is 2.44. The summed E-state index contributed by atoms with van der Waals surface area (Å²) in [4.78, 5) is 1.92. The quantitative estimate of drug-likeness (QED) is 0.559. The third-order valence-electron chi connectivity index (χ3n) is 1.64. The Labute approximate surface area is 79.1 Å². The van der Waals surface area contributed by atoms with Crippen LogP contribution in [0, 0.1) is 0 Å². The van der Waals surface area contributed by atoms with Crippen LogP contribution in [-0.2, 0) is 10.1 Å². The van der Waals surface area contributed by atoms with E-state index in [1.807, 2.05) is 11.9 Å². The van der Waals surface area contributed by atoms with Crippen LogP contribution in [0.1, 0.15) is 12.8 Å². The molecule has 0 bridgehead atoms. The molecule has 0 unspecified atom stereocenters. The van der Waals surface area contributed by atoms with Crippen LogP contribution in [0.15, 0.2) is 0 Å². The van der Waals surface area contributed by atoms with E-state index in [9.17, 15) is 8.42 Å². The smallest absolute Gasteiger partial charge is 0.264 e. The lowest BCUT2D eigenvalue weighted by molar-refractivity contribution is 0.247. The van der Waals surface area contributed by atoms with Crippen LogP contribution in [0.5, 0.6) is 0 Å². The van der Waals surface area contributed by atoms with Crippen LogP contribution in [-0.4, -0.2) is 55.5 Å². The second-order valence-electron chi connectivity index (χ2n) is 3.02. The van der Waals surface area contributed by atoms with E-state index in [1.54, 1.807) is 0 Å². The van der Waals surface area contributed by atoms with Crippen LogP contribution in [0.4, 0.5) is 0 Å². The highest BCUT2D eigenvalue weighted by atomic mass is 32.2. The zero-order valence-corrected chi connectivity index (χ0v) is 8.63. The molecule has 0 aromatic rings. The van der Waals surface area contributed by atoms with Crippen molar-refractivity contribution in [3.05, 3.63) is 0 Å². The molecule has 0 aliphatic carbocycles. The maximum absolute atomic E-state index is 10.3. The normalized spacial score (nSPS) is 12.3. The minimum Gasteiger partial charge on any atom is -0.396 e. The maximum Gasteiger partial charge on any atom is 0.264 e. The fourth-order valence-electron chi connectivity index (χ4n) is 0.969. The van der Waals surface area contributed by atoms with Crippen molar-refractivity contribution < 1.29 is 18.1 Å². The summed E-state index contributed by atoms with van der Waals surface area (Å²) >= 11 is 0. The van der Waals surface area contributed by atoms with Gasteiger partial charge in [0.25, 0.3) is 10.1 Å². The van der Waals surface area contributed by atoms with Gasteiger partial charge in [-0.1, -0.05) is 0 Å². The fourth-order valence-corrected chi connectivity index (χ4v) is 1.46. The molecule has 0 amide bonds. The van der Waals surface area contributed by atoms with E-state index in [0.717, 1.165) is 6.54 Å². The highest BCUT2D eigenvalue weighted by Crippen LogP contribution is 1.93. The molecule has 0 saturated heterocycles. The van der Waals surface area contributed by atoms with Gasteiger partial charge in [-0.25, -0.2) is 0 Å². The molecule has 2 N–H and O–H groups in total. The van der Waals surface area contributed by atoms with Gasteiger partial charge in [0.05, 0.1) is 5.75 Å². The largest absolute Gasteiger partial charge is 0.396 e. The summed E-state index contributed by atoms with van der Waals surface area (Å²) in [6, 6.07) is 0. The van der Waals surface area contributed by atoms with Gasteiger partial charge in [-0.3, -0.25) is 4.55 Å². The van der Waals surface area contributed by atoms with Gasteiger partial charge >= 0.3 is 0 Å². The van der Waals surface area contributed by atoms with Crippen molar-refractivity contribution in [2.45, 2.75) is 12.8 Å². The molecule has 0 atom stereocenters. The molecule has 0 spiro atoms. The highest BCUT2D eigenvalue weighted by Gasteiger charge is 2.04. The van der Waals surface area contributed by atoms with Gasteiger partial charge < -0.3 is 10.0 Å². The second kappa shape index (κ2) is 6.31. The van der Waals surface area contributed by atoms with Gasteiger partial charge in [-0.05, 0) is 26.4 Å². The van der Waals surface area contributed by atoms with E-state index >= 15 is 0 Å². The Morgan fingerprint density at radius 3 is 2.23 bits per heavy atom. The van der Waals surface area contributed by atoms with Crippen molar-refractivity contribution in [1.29, 1.82) is 0 Å². The monoisotopic (exact) mass is 211 g/mol. The lowest BCUT2D eigenvalue weighted by Crippen LogP contribution is -2.23. The first-order valence-electron chi connectivity index (χ1n) is 4.20. The van der Waals surface area contributed by atoms with E-state index < -0.39 is 10.1 Å². The predicted octanol–water partition coefficient (Wildman–Crippen LogP) is -0.421. The zero-order chi connectivity index (χ0) is 10.3. The van der Waals surface area contributed by atoms with E-state index in [-0.39, 0.29) is 12.4 Å². The topological polar surface area (TPSA) is 77.8 Å². The first kappa shape index (κ1) is 12.8. The lowest BCUT2D eigenvalue weighted by atomic mass is 10.4. The van der Waals surface area contributed by atoms with E-state index in [2.05, 4.69) is 0 Å². The molecule has 0 saturated carbocycles. The summed E-state index contributed by atoms with van der Waals surface area (Å²) in [7, 11) is -1.97. The first-order chi connectivity index (χ1) is 5.95. The standard InChI is InChI=1S/C7H17NO4S/c1-8(4-2-6-9)5-3-7-13(10,11)12/h9H,2-7H2,1H3,(H,10,11,12). The molecule has 0 aliphatic rings. The van der Waals surface area contributed by atoms with Crippen LogP contribution in [0.25, 0.3) is 0 Å². The fraction of sp³-hybridized carbons (Fsp3) is 1.00. The van der Waals surface area contributed by atoms with E-state index in [1.165, 1.54) is 0 Å². The molecule has 0 fully saturated rings. The highest BCUT2D eigenvalue weighted by molar-refractivity contribution is 7.85. The van der Waals surface area contributed by atoms with Gasteiger partial charge in [0.1, 0.15) is 0 Å². The molecule has 0 aromatic carbocycles. The van der Waals surface area contributed by atoms with Crippen molar-refractivity contribution >= 4 is 10.1 Å². The Kier molecular flexibility index (Phi) is 6.23. The molecular formula is C7H17NO4S. The van der Waals surface area contributed by atoms with E-state index in [4.69, 9.17) is 9.66 Å². The summed E-state index contributed by atoms with van der Waals surface area (Å²) in [5.41, 5.74) is 0. The average molecular weight is 211 g/mol. The number of aliphatic hydroxyl groups is 1. The van der Waals surface area contributed by atoms with Gasteiger partial charge in [0.2, 0.25) is 0 Å². The summed E-state index contributed by atoms with van der Waals surface area (Å²) in [6.07, 6.45) is 1.10. The molecule has 0 aliphatic heterocycles. The van der Waals surface area contributed by atoms with Crippen LogP contribution in [0.3, 0.4) is 0 Å². The molecule has 0 aromatic heterocycles. The van der Waals surface area contributed by atoms with Crippen molar-refractivity contribution in [1.82, 2.24) is 4.90 Å². The predicted molar refractivity (Wildman–Crippen MR) is 50.2 cm³/mol. The second-order valence-corrected chi connectivity index (χ2v) is 4.59. The van der Waals surface area contributed by atoms with Crippen LogP contribution in [0.2, 0.25) is 0 Å². The summed E-state index contributed by atoms with van der Waals surface area (Å²) < 4.78 is 29.1. The molecule has 5 nitrogen and oxygen atoms in total. The number of nitrogens with zero attached hydrogens (tertiary/aromatic N) is 1. The van der Waals surface area contributed by atoms with Gasteiger partial charge in [-0.15, -0.1) is 0 Å². The Morgan fingerprint density at radius 2 is 1.77 bits per heavy atom. The summed E-state index contributed by atoms with van der Waals surface area (Å²) in [5, 5.41) is 8.51.